The van der Waals surface area contributed by atoms with Crippen molar-refractivity contribution in [1.29, 1.82) is 0 Å². The van der Waals surface area contributed by atoms with Crippen LogP contribution in [0.4, 0.5) is 4.79 Å². The Balaban J connectivity index is 1.95. The Morgan fingerprint density at radius 3 is 2.44 bits per heavy atom. The normalized spacial score (nSPS) is 16.4. The number of methoxy groups -OCH3 is 1. The van der Waals surface area contributed by atoms with Gasteiger partial charge in [-0.25, -0.2) is 13.2 Å². The number of hydrogen-bond donors (Lipinski definition) is 2. The van der Waals surface area contributed by atoms with E-state index in [1.165, 1.54) is 29.6 Å². The summed E-state index contributed by atoms with van der Waals surface area (Å²) in [4.78, 5) is 23.6. The fourth-order valence-electron chi connectivity index (χ4n) is 2.44. The average Bonchev–Trinajstić information content (AvgIpc) is 2.57. The zero-order valence-corrected chi connectivity index (χ0v) is 15.7. The van der Waals surface area contributed by atoms with Crippen molar-refractivity contribution in [3.05, 3.63) is 28.2 Å². The highest BCUT2D eigenvalue weighted by Gasteiger charge is 2.31. The Hall–Kier alpha value is -1.39. The molecule has 1 heterocycles. The number of benzene rings is 1. The number of amides is 2. The van der Waals surface area contributed by atoms with Crippen LogP contribution in [0.2, 0.25) is 10.0 Å². The Morgan fingerprint density at radius 1 is 1.24 bits per heavy atom. The minimum Gasteiger partial charge on any atom is -0.453 e. The third-order valence-corrected chi connectivity index (χ3v) is 6.43. The SMILES string of the molecule is COC(=O)NC(=O)C[NH+]1CCN(S(=O)(=O)c2ccc(Cl)c(Cl)c2)CC1. The largest absolute Gasteiger partial charge is 0.453 e. The number of alkyl carbamates (subject to hydrolysis) is 1. The summed E-state index contributed by atoms with van der Waals surface area (Å²) in [7, 11) is -2.51. The van der Waals surface area contributed by atoms with E-state index < -0.39 is 22.0 Å². The topological polar surface area (TPSA) is 97.2 Å². The molecule has 1 saturated heterocycles. The Bertz CT molecular complexity index is 764. The van der Waals surface area contributed by atoms with E-state index in [2.05, 4.69) is 10.1 Å². The quantitative estimate of drug-likeness (QED) is 0.713. The highest BCUT2D eigenvalue weighted by molar-refractivity contribution is 7.89. The number of quaternary nitrogens is 1. The van der Waals surface area contributed by atoms with Gasteiger partial charge in [-0.1, -0.05) is 23.2 Å². The van der Waals surface area contributed by atoms with E-state index in [4.69, 9.17) is 23.2 Å². The minimum atomic E-state index is -3.67. The summed E-state index contributed by atoms with van der Waals surface area (Å²) >= 11 is 11.7. The Morgan fingerprint density at radius 2 is 1.88 bits per heavy atom. The van der Waals surface area contributed by atoms with Crippen LogP contribution in [-0.4, -0.2) is 64.6 Å². The molecular formula is C14H18Cl2N3O5S+. The first kappa shape index (κ1) is 19.9. The van der Waals surface area contributed by atoms with Crippen molar-refractivity contribution in [1.82, 2.24) is 9.62 Å². The molecule has 0 unspecified atom stereocenters. The van der Waals surface area contributed by atoms with Crippen LogP contribution in [0.1, 0.15) is 0 Å². The van der Waals surface area contributed by atoms with Gasteiger partial charge in [0.15, 0.2) is 6.54 Å². The molecule has 1 aliphatic rings. The van der Waals surface area contributed by atoms with E-state index in [-0.39, 0.29) is 34.6 Å². The number of carbonyl (C=O) groups excluding carboxylic acids is 2. The first-order chi connectivity index (χ1) is 11.7. The van der Waals surface area contributed by atoms with E-state index in [1.807, 2.05) is 0 Å². The molecule has 25 heavy (non-hydrogen) atoms. The highest BCUT2D eigenvalue weighted by atomic mass is 35.5. The van der Waals surface area contributed by atoms with Crippen LogP contribution in [0.25, 0.3) is 0 Å². The summed E-state index contributed by atoms with van der Waals surface area (Å²) in [5, 5.41) is 2.53. The number of nitrogens with one attached hydrogen (secondary N) is 2. The first-order valence-corrected chi connectivity index (χ1v) is 9.60. The lowest BCUT2D eigenvalue weighted by molar-refractivity contribution is -0.895. The molecule has 2 N–H and O–H groups in total. The van der Waals surface area contributed by atoms with Gasteiger partial charge in [0.2, 0.25) is 10.0 Å². The summed E-state index contributed by atoms with van der Waals surface area (Å²) in [5.41, 5.74) is 0. The van der Waals surface area contributed by atoms with Crippen molar-refractivity contribution in [3.63, 3.8) is 0 Å². The lowest BCUT2D eigenvalue weighted by Crippen LogP contribution is -3.15. The molecule has 0 spiro atoms. The van der Waals surface area contributed by atoms with Gasteiger partial charge in [0.05, 0.1) is 48.2 Å². The second-order valence-corrected chi connectivity index (χ2v) is 8.20. The molecule has 1 aliphatic heterocycles. The molecule has 0 atom stereocenters. The number of imide groups is 1. The zero-order valence-electron chi connectivity index (χ0n) is 13.4. The number of halogens is 2. The maximum absolute atomic E-state index is 12.6. The molecule has 2 amide bonds. The van der Waals surface area contributed by atoms with Gasteiger partial charge in [0.25, 0.3) is 5.91 Å². The van der Waals surface area contributed by atoms with E-state index in [9.17, 15) is 18.0 Å². The van der Waals surface area contributed by atoms with Gasteiger partial charge in [0.1, 0.15) is 0 Å². The predicted octanol–water partition coefficient (Wildman–Crippen LogP) is -0.235. The summed E-state index contributed by atoms with van der Waals surface area (Å²) in [6.45, 7) is 1.45. The Labute approximate surface area is 155 Å². The Kier molecular flexibility index (Phi) is 6.64. The van der Waals surface area contributed by atoms with Crippen molar-refractivity contribution in [2.24, 2.45) is 0 Å². The molecule has 11 heteroatoms. The molecule has 1 aromatic rings. The molecule has 0 aromatic heterocycles. The smallest absolute Gasteiger partial charge is 0.413 e. The number of sulfonamides is 1. The van der Waals surface area contributed by atoms with E-state index in [1.54, 1.807) is 0 Å². The summed E-state index contributed by atoms with van der Waals surface area (Å²) in [6.07, 6.45) is -0.815. The third kappa shape index (κ3) is 5.05. The fourth-order valence-corrected chi connectivity index (χ4v) is 4.27. The van der Waals surface area contributed by atoms with Crippen molar-refractivity contribution in [2.45, 2.75) is 4.90 Å². The molecule has 0 radical (unpaired) electrons. The van der Waals surface area contributed by atoms with Gasteiger partial charge in [-0.3, -0.25) is 10.1 Å². The van der Waals surface area contributed by atoms with Crippen molar-refractivity contribution < 1.29 is 27.6 Å². The van der Waals surface area contributed by atoms with Gasteiger partial charge < -0.3 is 9.64 Å². The van der Waals surface area contributed by atoms with Gasteiger partial charge in [-0.05, 0) is 18.2 Å². The van der Waals surface area contributed by atoms with Crippen molar-refractivity contribution in [2.75, 3.05) is 39.8 Å². The minimum absolute atomic E-state index is 0.0652. The molecule has 2 rings (SSSR count). The molecule has 138 valence electrons. The van der Waals surface area contributed by atoms with Gasteiger partial charge in [0, 0.05) is 0 Å². The predicted molar refractivity (Wildman–Crippen MR) is 91.3 cm³/mol. The second kappa shape index (κ2) is 8.33. The molecular weight excluding hydrogens is 393 g/mol. The van der Waals surface area contributed by atoms with E-state index >= 15 is 0 Å². The van der Waals surface area contributed by atoms with Gasteiger partial charge >= 0.3 is 6.09 Å². The average molecular weight is 411 g/mol. The molecule has 0 bridgehead atoms. The van der Waals surface area contributed by atoms with Crippen LogP contribution in [0, 0.1) is 0 Å². The van der Waals surface area contributed by atoms with Crippen LogP contribution in [0.15, 0.2) is 23.1 Å². The second-order valence-electron chi connectivity index (χ2n) is 5.45. The zero-order chi connectivity index (χ0) is 18.6. The number of rotatable bonds is 4. The standard InChI is InChI=1S/C14H17Cl2N3O5S/c1-24-14(21)17-13(20)9-18-4-6-19(7-5-18)25(22,23)10-2-3-11(15)12(16)8-10/h2-3,8H,4-7,9H2,1H3,(H,17,20,21)/p+1. The van der Waals surface area contributed by atoms with Gasteiger partial charge in [-0.2, -0.15) is 4.31 Å². The van der Waals surface area contributed by atoms with Crippen molar-refractivity contribution in [3.8, 4) is 0 Å². The first-order valence-electron chi connectivity index (χ1n) is 7.40. The number of ether oxygens (including phenoxy) is 1. The fraction of sp³-hybridized carbons (Fsp3) is 0.429. The summed E-state index contributed by atoms with van der Waals surface area (Å²) in [5.74, 6) is -0.470. The lowest BCUT2D eigenvalue weighted by Gasteiger charge is -2.31. The molecule has 1 aromatic carbocycles. The highest BCUT2D eigenvalue weighted by Crippen LogP contribution is 2.26. The van der Waals surface area contributed by atoms with Crippen LogP contribution in [-0.2, 0) is 19.6 Å². The number of hydrogen-bond acceptors (Lipinski definition) is 5. The number of piperazine rings is 1. The molecule has 1 fully saturated rings. The van der Waals surface area contributed by atoms with Crippen LogP contribution < -0.4 is 10.2 Å². The monoisotopic (exact) mass is 410 g/mol. The molecule has 0 saturated carbocycles. The van der Waals surface area contributed by atoms with Crippen LogP contribution >= 0.6 is 23.2 Å². The van der Waals surface area contributed by atoms with Crippen LogP contribution in [0.3, 0.4) is 0 Å². The van der Waals surface area contributed by atoms with Crippen molar-refractivity contribution >= 4 is 45.2 Å². The van der Waals surface area contributed by atoms with E-state index in [0.29, 0.717) is 13.1 Å². The molecule has 8 nitrogen and oxygen atoms in total. The summed E-state index contributed by atoms with van der Waals surface area (Å²) in [6, 6.07) is 4.17. The number of nitrogens with zero attached hydrogens (tertiary/aromatic N) is 1. The number of carbonyl (C=O) groups is 2. The maximum atomic E-state index is 12.6. The molecule has 0 aliphatic carbocycles. The third-order valence-electron chi connectivity index (χ3n) is 3.80. The van der Waals surface area contributed by atoms with E-state index in [0.717, 1.165) is 4.90 Å². The van der Waals surface area contributed by atoms with Gasteiger partial charge in [-0.15, -0.1) is 0 Å². The summed E-state index contributed by atoms with van der Waals surface area (Å²) < 4.78 is 31.0. The lowest BCUT2D eigenvalue weighted by atomic mass is 10.3. The maximum Gasteiger partial charge on any atom is 0.413 e. The van der Waals surface area contributed by atoms with Crippen LogP contribution in [0.5, 0.6) is 0 Å².